The third kappa shape index (κ3) is 3.23. The Morgan fingerprint density at radius 1 is 1.92 bits per heavy atom. The van der Waals surface area contributed by atoms with Gasteiger partial charge in [-0.2, -0.15) is 0 Å². The molecule has 0 amide bonds. The lowest BCUT2D eigenvalue weighted by Crippen LogP contribution is -2.00. The SMILES string of the molecule is COC(=O)CCSc1cn[c]s1. The Balaban J connectivity index is 2.15. The van der Waals surface area contributed by atoms with Gasteiger partial charge in [0, 0.05) is 5.75 Å². The van der Waals surface area contributed by atoms with Gasteiger partial charge in [-0.1, -0.05) is 0 Å². The smallest absolute Gasteiger partial charge is 0.306 e. The minimum absolute atomic E-state index is 0.170. The predicted octanol–water partition coefficient (Wildman–Crippen LogP) is 1.60. The minimum atomic E-state index is -0.170. The van der Waals surface area contributed by atoms with E-state index in [-0.39, 0.29) is 5.97 Å². The second kappa shape index (κ2) is 5.16. The molecular weight excluding hydrogens is 194 g/mol. The van der Waals surface area contributed by atoms with Gasteiger partial charge in [0.25, 0.3) is 0 Å². The summed E-state index contributed by atoms with van der Waals surface area (Å²) in [6.45, 7) is 0. The number of ether oxygens (including phenoxy) is 1. The Labute approximate surface area is 79.1 Å². The summed E-state index contributed by atoms with van der Waals surface area (Å²) in [7, 11) is 1.40. The fourth-order valence-corrected chi connectivity index (χ4v) is 2.08. The molecule has 0 fully saturated rings. The van der Waals surface area contributed by atoms with Gasteiger partial charge in [-0.25, -0.2) is 4.98 Å². The van der Waals surface area contributed by atoms with E-state index in [0.717, 1.165) is 9.96 Å². The molecule has 12 heavy (non-hydrogen) atoms. The Bertz CT molecular complexity index is 236. The minimum Gasteiger partial charge on any atom is -0.469 e. The molecule has 65 valence electrons. The van der Waals surface area contributed by atoms with Gasteiger partial charge in [0.05, 0.1) is 23.9 Å². The molecule has 0 spiro atoms. The molecule has 1 radical (unpaired) electrons. The summed E-state index contributed by atoms with van der Waals surface area (Å²) in [5.41, 5.74) is 2.74. The van der Waals surface area contributed by atoms with Crippen molar-refractivity contribution in [1.29, 1.82) is 0 Å². The summed E-state index contributed by atoms with van der Waals surface area (Å²) in [5, 5.41) is 0. The van der Waals surface area contributed by atoms with Gasteiger partial charge in [-0.15, -0.1) is 23.1 Å². The fraction of sp³-hybridized carbons (Fsp3) is 0.429. The zero-order valence-electron chi connectivity index (χ0n) is 6.57. The number of carbonyl (C=O) groups excluding carboxylic acids is 1. The number of nitrogens with zero attached hydrogens (tertiary/aromatic N) is 1. The molecule has 5 heteroatoms. The molecule has 0 bridgehead atoms. The van der Waals surface area contributed by atoms with Crippen molar-refractivity contribution in [2.24, 2.45) is 0 Å². The zero-order chi connectivity index (χ0) is 8.81. The molecule has 1 aromatic rings. The molecule has 0 aliphatic rings. The maximum absolute atomic E-state index is 10.7. The average molecular weight is 202 g/mol. The second-order valence-corrected chi connectivity index (χ2v) is 4.17. The van der Waals surface area contributed by atoms with Crippen molar-refractivity contribution in [1.82, 2.24) is 4.98 Å². The zero-order valence-corrected chi connectivity index (χ0v) is 8.20. The Morgan fingerprint density at radius 3 is 3.33 bits per heavy atom. The molecule has 0 aliphatic heterocycles. The summed E-state index contributed by atoms with van der Waals surface area (Å²) in [6, 6.07) is 0. The molecule has 1 aromatic heterocycles. The van der Waals surface area contributed by atoms with Crippen molar-refractivity contribution < 1.29 is 9.53 Å². The number of rotatable bonds is 4. The lowest BCUT2D eigenvalue weighted by molar-refractivity contribution is -0.140. The maximum Gasteiger partial charge on any atom is 0.306 e. The lowest BCUT2D eigenvalue weighted by atomic mass is 10.5. The molecule has 1 rings (SSSR count). The van der Waals surface area contributed by atoms with Crippen LogP contribution in [0.4, 0.5) is 0 Å². The molecule has 3 nitrogen and oxygen atoms in total. The molecule has 1 heterocycles. The van der Waals surface area contributed by atoms with Crippen molar-refractivity contribution in [3.8, 4) is 0 Å². The van der Waals surface area contributed by atoms with Crippen LogP contribution in [0.15, 0.2) is 10.4 Å². The monoisotopic (exact) mass is 202 g/mol. The molecule has 0 unspecified atom stereocenters. The van der Waals surface area contributed by atoms with Crippen molar-refractivity contribution >= 4 is 29.1 Å². The maximum atomic E-state index is 10.7. The van der Waals surface area contributed by atoms with E-state index in [2.05, 4.69) is 15.2 Å². The highest BCUT2D eigenvalue weighted by atomic mass is 32.2. The average Bonchev–Trinajstić information content (AvgIpc) is 2.57. The number of carbonyl (C=O) groups is 1. The highest BCUT2D eigenvalue weighted by molar-refractivity contribution is 8.01. The van der Waals surface area contributed by atoms with E-state index in [1.165, 1.54) is 18.4 Å². The molecule has 0 saturated carbocycles. The van der Waals surface area contributed by atoms with Gasteiger partial charge in [0.1, 0.15) is 0 Å². The second-order valence-electron chi connectivity index (χ2n) is 1.95. The van der Waals surface area contributed by atoms with Crippen LogP contribution in [0.25, 0.3) is 0 Å². The van der Waals surface area contributed by atoms with Crippen LogP contribution in [-0.2, 0) is 9.53 Å². The van der Waals surface area contributed by atoms with Gasteiger partial charge in [-0.05, 0) is 0 Å². The van der Waals surface area contributed by atoms with Crippen LogP contribution in [0.3, 0.4) is 0 Å². The summed E-state index contributed by atoms with van der Waals surface area (Å²) >= 11 is 3.05. The highest BCUT2D eigenvalue weighted by Gasteiger charge is 2.01. The largest absolute Gasteiger partial charge is 0.469 e. The van der Waals surface area contributed by atoms with Crippen LogP contribution in [0, 0.1) is 5.51 Å². The molecule has 0 aliphatic carbocycles. The van der Waals surface area contributed by atoms with E-state index >= 15 is 0 Å². The first-order chi connectivity index (χ1) is 5.83. The highest BCUT2D eigenvalue weighted by Crippen LogP contribution is 2.21. The van der Waals surface area contributed by atoms with Crippen LogP contribution < -0.4 is 0 Å². The number of thioether (sulfide) groups is 1. The van der Waals surface area contributed by atoms with Crippen molar-refractivity contribution in [2.75, 3.05) is 12.9 Å². The van der Waals surface area contributed by atoms with E-state index in [1.54, 1.807) is 18.0 Å². The van der Waals surface area contributed by atoms with E-state index in [0.29, 0.717) is 6.42 Å². The van der Waals surface area contributed by atoms with Gasteiger partial charge >= 0.3 is 5.97 Å². The molecule has 0 atom stereocenters. The predicted molar refractivity (Wildman–Crippen MR) is 48.3 cm³/mol. The number of hydrogen-bond acceptors (Lipinski definition) is 5. The summed E-state index contributed by atoms with van der Waals surface area (Å²) in [4.78, 5) is 14.5. The van der Waals surface area contributed by atoms with E-state index < -0.39 is 0 Å². The van der Waals surface area contributed by atoms with Crippen LogP contribution >= 0.6 is 23.1 Å². The first-order valence-electron chi connectivity index (χ1n) is 3.34. The van der Waals surface area contributed by atoms with Crippen LogP contribution in [0.1, 0.15) is 6.42 Å². The van der Waals surface area contributed by atoms with E-state index in [9.17, 15) is 4.79 Å². The van der Waals surface area contributed by atoms with E-state index in [4.69, 9.17) is 0 Å². The summed E-state index contributed by atoms with van der Waals surface area (Å²) < 4.78 is 5.58. The number of hydrogen-bond donors (Lipinski definition) is 0. The third-order valence-corrected chi connectivity index (χ3v) is 3.05. The van der Waals surface area contributed by atoms with Gasteiger partial charge < -0.3 is 4.74 Å². The lowest BCUT2D eigenvalue weighted by Gasteiger charge is -1.96. The first kappa shape index (κ1) is 9.54. The van der Waals surface area contributed by atoms with Crippen LogP contribution in [0.2, 0.25) is 0 Å². The Hall–Kier alpha value is -0.550. The van der Waals surface area contributed by atoms with Crippen LogP contribution in [0.5, 0.6) is 0 Å². The molecule has 0 N–H and O–H groups in total. The van der Waals surface area contributed by atoms with Crippen molar-refractivity contribution in [3.05, 3.63) is 11.7 Å². The third-order valence-electron chi connectivity index (χ3n) is 1.15. The number of methoxy groups -OCH3 is 1. The van der Waals surface area contributed by atoms with Gasteiger partial charge in [-0.3, -0.25) is 4.79 Å². The first-order valence-corrected chi connectivity index (χ1v) is 5.14. The van der Waals surface area contributed by atoms with Gasteiger partial charge in [0.15, 0.2) is 5.51 Å². The number of thiazole rings is 1. The molecule has 0 saturated heterocycles. The van der Waals surface area contributed by atoms with Crippen molar-refractivity contribution in [2.45, 2.75) is 10.6 Å². The topological polar surface area (TPSA) is 39.2 Å². The Morgan fingerprint density at radius 2 is 2.75 bits per heavy atom. The van der Waals surface area contributed by atoms with E-state index in [1.807, 2.05) is 0 Å². The summed E-state index contributed by atoms with van der Waals surface area (Å²) in [6.07, 6.45) is 2.19. The molecule has 0 aromatic carbocycles. The Kier molecular flexibility index (Phi) is 4.10. The standard InChI is InChI=1S/C7H8NO2S2/c1-10-6(9)2-3-11-7-4-8-5-12-7/h4H,2-3H2,1H3. The fourth-order valence-electron chi connectivity index (χ4n) is 0.580. The van der Waals surface area contributed by atoms with Gasteiger partial charge in [0.2, 0.25) is 0 Å². The number of esters is 1. The molecular formula is C7H8NO2S2. The van der Waals surface area contributed by atoms with Crippen LogP contribution in [-0.4, -0.2) is 23.8 Å². The normalized spacial score (nSPS) is 9.75. The number of aromatic nitrogens is 1. The summed E-state index contributed by atoms with van der Waals surface area (Å²) in [5.74, 6) is 0.568. The quantitative estimate of drug-likeness (QED) is 0.549. The van der Waals surface area contributed by atoms with Crippen molar-refractivity contribution in [3.63, 3.8) is 0 Å².